The van der Waals surface area contributed by atoms with Gasteiger partial charge < -0.3 is 5.73 Å². The molecule has 0 saturated carbocycles. The number of hydrogen-bond donors (Lipinski definition) is 1. The first-order valence-corrected chi connectivity index (χ1v) is 5.55. The molecule has 0 aromatic carbocycles. The van der Waals surface area contributed by atoms with E-state index in [-0.39, 0.29) is 5.25 Å². The van der Waals surface area contributed by atoms with Crippen LogP contribution < -0.4 is 5.73 Å². The Kier molecular flexibility index (Phi) is 3.42. The fourth-order valence-electron chi connectivity index (χ4n) is 0.915. The molecule has 0 bridgehead atoms. The van der Waals surface area contributed by atoms with E-state index < -0.39 is 10.8 Å². The molecule has 1 rings (SSSR count). The molecule has 4 heteroatoms. The standard InChI is InChI=1S/C9H14N2OS/c1-7(2)13(12)6-8-3-4-11-9(10)5-8/h3-5,7H,6H2,1-2H3,(H2,10,11). The van der Waals surface area contributed by atoms with Gasteiger partial charge in [-0.15, -0.1) is 0 Å². The minimum atomic E-state index is -0.814. The molecule has 1 aromatic rings. The molecule has 2 N–H and O–H groups in total. The van der Waals surface area contributed by atoms with Crippen LogP contribution in [0.1, 0.15) is 19.4 Å². The van der Waals surface area contributed by atoms with Crippen LogP contribution in [0.25, 0.3) is 0 Å². The third-order valence-corrected chi connectivity index (χ3v) is 3.35. The Morgan fingerprint density at radius 1 is 1.62 bits per heavy atom. The van der Waals surface area contributed by atoms with Crippen LogP contribution in [0.2, 0.25) is 0 Å². The van der Waals surface area contributed by atoms with Crippen molar-refractivity contribution in [1.82, 2.24) is 4.98 Å². The smallest absolute Gasteiger partial charge is 0.123 e. The van der Waals surface area contributed by atoms with Crippen LogP contribution in [-0.2, 0) is 16.6 Å². The lowest BCUT2D eigenvalue weighted by Gasteiger charge is -2.05. The Labute approximate surface area is 80.8 Å². The van der Waals surface area contributed by atoms with Gasteiger partial charge in [0.1, 0.15) is 5.82 Å². The number of nitrogens with two attached hydrogens (primary N) is 1. The van der Waals surface area contributed by atoms with E-state index in [2.05, 4.69) is 4.98 Å². The van der Waals surface area contributed by atoms with E-state index in [1.807, 2.05) is 19.9 Å². The molecule has 0 aliphatic heterocycles. The fraction of sp³-hybridized carbons (Fsp3) is 0.444. The van der Waals surface area contributed by atoms with Crippen molar-refractivity contribution in [1.29, 1.82) is 0 Å². The Hall–Kier alpha value is -0.900. The summed E-state index contributed by atoms with van der Waals surface area (Å²) in [5.74, 6) is 1.04. The van der Waals surface area contributed by atoms with E-state index in [9.17, 15) is 4.21 Å². The predicted molar refractivity (Wildman–Crippen MR) is 55.6 cm³/mol. The van der Waals surface area contributed by atoms with Crippen molar-refractivity contribution >= 4 is 16.6 Å². The predicted octanol–water partition coefficient (Wildman–Crippen LogP) is 1.32. The van der Waals surface area contributed by atoms with Gasteiger partial charge in [-0.2, -0.15) is 0 Å². The van der Waals surface area contributed by atoms with Gasteiger partial charge in [-0.1, -0.05) is 13.8 Å². The van der Waals surface area contributed by atoms with Crippen molar-refractivity contribution in [2.75, 3.05) is 5.73 Å². The highest BCUT2D eigenvalue weighted by Gasteiger charge is 2.06. The van der Waals surface area contributed by atoms with E-state index in [0.29, 0.717) is 11.6 Å². The molecule has 0 fully saturated rings. The molecule has 0 saturated heterocycles. The first-order chi connectivity index (χ1) is 6.09. The van der Waals surface area contributed by atoms with Crippen LogP contribution in [0.4, 0.5) is 5.82 Å². The highest BCUT2D eigenvalue weighted by molar-refractivity contribution is 7.84. The summed E-state index contributed by atoms with van der Waals surface area (Å²) in [6.07, 6.45) is 1.64. The van der Waals surface area contributed by atoms with Crippen LogP contribution in [0, 0.1) is 0 Å². The lowest BCUT2D eigenvalue weighted by Crippen LogP contribution is -2.08. The fourth-order valence-corrected chi connectivity index (χ4v) is 1.76. The van der Waals surface area contributed by atoms with Gasteiger partial charge in [0.25, 0.3) is 0 Å². The molecule has 1 unspecified atom stereocenters. The van der Waals surface area contributed by atoms with E-state index in [1.165, 1.54) is 0 Å². The molecule has 0 aliphatic carbocycles. The molecule has 0 aliphatic rings. The van der Waals surface area contributed by atoms with Crippen LogP contribution in [-0.4, -0.2) is 14.4 Å². The quantitative estimate of drug-likeness (QED) is 0.797. The molecule has 0 radical (unpaired) electrons. The topological polar surface area (TPSA) is 56.0 Å². The number of nitrogen functional groups attached to an aromatic ring is 1. The van der Waals surface area contributed by atoms with Crippen molar-refractivity contribution in [2.24, 2.45) is 0 Å². The van der Waals surface area contributed by atoms with Gasteiger partial charge in [-0.05, 0) is 17.7 Å². The van der Waals surface area contributed by atoms with Crippen molar-refractivity contribution in [3.63, 3.8) is 0 Å². The number of aromatic nitrogens is 1. The summed E-state index contributed by atoms with van der Waals surface area (Å²) in [7, 11) is -0.814. The number of anilines is 1. The Morgan fingerprint density at radius 3 is 2.85 bits per heavy atom. The molecule has 1 heterocycles. The highest BCUT2D eigenvalue weighted by atomic mass is 32.2. The van der Waals surface area contributed by atoms with Gasteiger partial charge in [0.2, 0.25) is 0 Å². The zero-order chi connectivity index (χ0) is 9.84. The number of rotatable bonds is 3. The SMILES string of the molecule is CC(C)S(=O)Cc1ccnc(N)c1. The van der Waals surface area contributed by atoms with Crippen LogP contribution in [0.5, 0.6) is 0 Å². The molecule has 3 nitrogen and oxygen atoms in total. The lowest BCUT2D eigenvalue weighted by molar-refractivity contribution is 0.676. The van der Waals surface area contributed by atoms with Crippen LogP contribution >= 0.6 is 0 Å². The lowest BCUT2D eigenvalue weighted by atomic mass is 10.3. The second kappa shape index (κ2) is 4.37. The van der Waals surface area contributed by atoms with E-state index >= 15 is 0 Å². The summed E-state index contributed by atoms with van der Waals surface area (Å²) >= 11 is 0. The van der Waals surface area contributed by atoms with E-state index in [4.69, 9.17) is 5.73 Å². The largest absolute Gasteiger partial charge is 0.384 e. The normalized spacial score (nSPS) is 13.2. The summed E-state index contributed by atoms with van der Waals surface area (Å²) in [5, 5.41) is 0.189. The van der Waals surface area contributed by atoms with Crippen LogP contribution in [0.3, 0.4) is 0 Å². The Bertz CT molecular complexity index is 312. The second-order valence-corrected chi connectivity index (χ2v) is 5.16. The minimum absolute atomic E-state index is 0.189. The molecule has 1 aromatic heterocycles. The average molecular weight is 198 g/mol. The van der Waals surface area contributed by atoms with Gasteiger partial charge in [-0.3, -0.25) is 4.21 Å². The monoisotopic (exact) mass is 198 g/mol. The van der Waals surface area contributed by atoms with Gasteiger partial charge in [0.05, 0.1) is 0 Å². The summed E-state index contributed by atoms with van der Waals surface area (Å²) in [4.78, 5) is 3.87. The molecule has 0 amide bonds. The van der Waals surface area contributed by atoms with E-state index in [1.54, 1.807) is 12.3 Å². The van der Waals surface area contributed by atoms with Crippen molar-refractivity contribution in [3.05, 3.63) is 23.9 Å². The number of nitrogens with zero attached hydrogens (tertiary/aromatic N) is 1. The van der Waals surface area contributed by atoms with Gasteiger partial charge in [0, 0.05) is 28.0 Å². The van der Waals surface area contributed by atoms with Crippen molar-refractivity contribution < 1.29 is 4.21 Å². The summed E-state index contributed by atoms with van der Waals surface area (Å²) in [6, 6.07) is 3.61. The molecule has 0 spiro atoms. The maximum absolute atomic E-state index is 11.5. The maximum Gasteiger partial charge on any atom is 0.123 e. The molecular weight excluding hydrogens is 184 g/mol. The first kappa shape index (κ1) is 10.2. The Balaban J connectivity index is 2.69. The molecule has 72 valence electrons. The highest BCUT2D eigenvalue weighted by Crippen LogP contribution is 2.08. The average Bonchev–Trinajstić information content (AvgIpc) is 2.04. The van der Waals surface area contributed by atoms with E-state index in [0.717, 1.165) is 5.56 Å². The van der Waals surface area contributed by atoms with Gasteiger partial charge in [0.15, 0.2) is 0 Å². The van der Waals surface area contributed by atoms with Crippen LogP contribution in [0.15, 0.2) is 18.3 Å². The summed E-state index contributed by atoms with van der Waals surface area (Å²) in [5.41, 5.74) is 6.49. The Morgan fingerprint density at radius 2 is 2.31 bits per heavy atom. The maximum atomic E-state index is 11.5. The summed E-state index contributed by atoms with van der Waals surface area (Å²) < 4.78 is 11.5. The minimum Gasteiger partial charge on any atom is -0.384 e. The summed E-state index contributed by atoms with van der Waals surface area (Å²) in [6.45, 7) is 3.89. The van der Waals surface area contributed by atoms with Crippen molar-refractivity contribution in [2.45, 2.75) is 24.9 Å². The zero-order valence-corrected chi connectivity index (χ0v) is 8.67. The second-order valence-electron chi connectivity index (χ2n) is 3.16. The van der Waals surface area contributed by atoms with Gasteiger partial charge >= 0.3 is 0 Å². The first-order valence-electron chi connectivity index (χ1n) is 4.17. The molecule has 13 heavy (non-hydrogen) atoms. The third kappa shape index (κ3) is 3.14. The third-order valence-electron chi connectivity index (χ3n) is 1.68. The van der Waals surface area contributed by atoms with Gasteiger partial charge in [-0.25, -0.2) is 4.98 Å². The number of pyridine rings is 1. The number of hydrogen-bond acceptors (Lipinski definition) is 3. The molecular formula is C9H14N2OS. The molecule has 1 atom stereocenters. The van der Waals surface area contributed by atoms with Crippen molar-refractivity contribution in [3.8, 4) is 0 Å². The zero-order valence-electron chi connectivity index (χ0n) is 7.86.